The Bertz CT molecular complexity index is 249. The first kappa shape index (κ1) is 11.5. The molecule has 1 aromatic heterocycles. The molecule has 80 valence electrons. The fourth-order valence-corrected chi connectivity index (χ4v) is 1.77. The number of aromatic nitrogens is 3. The van der Waals surface area contributed by atoms with Gasteiger partial charge in [-0.3, -0.25) is 5.10 Å². The van der Waals surface area contributed by atoms with Gasteiger partial charge < -0.3 is 5.32 Å². The lowest BCUT2D eigenvalue weighted by molar-refractivity contribution is 0.666. The molecular weight excluding hydrogens is 196 g/mol. The molecule has 14 heavy (non-hydrogen) atoms. The smallest absolute Gasteiger partial charge is 0.208 e. The molecule has 0 amide bonds. The lowest BCUT2D eigenvalue weighted by Gasteiger charge is -2.00. The van der Waals surface area contributed by atoms with Gasteiger partial charge in [0.25, 0.3) is 0 Å². The predicted octanol–water partition coefficient (Wildman–Crippen LogP) is 1.59. The minimum absolute atomic E-state index is 0.847. The summed E-state index contributed by atoms with van der Waals surface area (Å²) in [5, 5.41) is 11.1. The number of rotatable bonds is 7. The first-order valence-corrected chi connectivity index (χ1v) is 6.04. The average Bonchev–Trinajstić information content (AvgIpc) is 2.58. The van der Waals surface area contributed by atoms with Crippen LogP contribution in [0.1, 0.15) is 25.6 Å². The topological polar surface area (TPSA) is 53.6 Å². The third-order valence-electron chi connectivity index (χ3n) is 1.79. The van der Waals surface area contributed by atoms with E-state index in [1.807, 2.05) is 6.92 Å². The van der Waals surface area contributed by atoms with E-state index >= 15 is 0 Å². The Morgan fingerprint density at radius 1 is 1.43 bits per heavy atom. The van der Waals surface area contributed by atoms with Crippen molar-refractivity contribution in [3.8, 4) is 0 Å². The van der Waals surface area contributed by atoms with E-state index in [1.54, 1.807) is 11.8 Å². The van der Waals surface area contributed by atoms with Crippen LogP contribution in [0.3, 0.4) is 0 Å². The van der Waals surface area contributed by atoms with Crippen molar-refractivity contribution in [3.63, 3.8) is 0 Å². The summed E-state index contributed by atoms with van der Waals surface area (Å²) in [5.41, 5.74) is 0. The lowest BCUT2D eigenvalue weighted by atomic mass is 10.3. The molecule has 0 spiro atoms. The van der Waals surface area contributed by atoms with Gasteiger partial charge in [-0.05, 0) is 19.9 Å². The van der Waals surface area contributed by atoms with Crippen LogP contribution in [0.25, 0.3) is 0 Å². The zero-order valence-electron chi connectivity index (χ0n) is 8.84. The van der Waals surface area contributed by atoms with Gasteiger partial charge in [0.15, 0.2) is 0 Å². The number of hydrogen-bond donors (Lipinski definition) is 2. The van der Waals surface area contributed by atoms with Crippen LogP contribution in [-0.4, -0.2) is 34.0 Å². The highest BCUT2D eigenvalue weighted by molar-refractivity contribution is 7.99. The van der Waals surface area contributed by atoms with Crippen molar-refractivity contribution in [2.45, 2.75) is 31.8 Å². The molecule has 1 aromatic rings. The molecule has 0 aliphatic heterocycles. The number of aromatic amines is 1. The van der Waals surface area contributed by atoms with Crippen LogP contribution >= 0.6 is 11.8 Å². The van der Waals surface area contributed by atoms with Crippen LogP contribution in [0.5, 0.6) is 0 Å². The normalized spacial score (nSPS) is 10.7. The molecule has 1 heterocycles. The van der Waals surface area contributed by atoms with Crippen molar-refractivity contribution >= 4 is 11.8 Å². The maximum absolute atomic E-state index is 4.21. The fraction of sp³-hybridized carbons (Fsp3) is 0.778. The Kier molecular flexibility index (Phi) is 5.63. The molecule has 0 radical (unpaired) electrons. The summed E-state index contributed by atoms with van der Waals surface area (Å²) >= 11 is 1.68. The number of H-pyrrole nitrogens is 1. The molecule has 1 rings (SSSR count). The van der Waals surface area contributed by atoms with Crippen molar-refractivity contribution in [2.24, 2.45) is 0 Å². The summed E-state index contributed by atoms with van der Waals surface area (Å²) in [6, 6.07) is 0. The van der Waals surface area contributed by atoms with Crippen molar-refractivity contribution in [1.82, 2.24) is 20.5 Å². The molecule has 4 nitrogen and oxygen atoms in total. The number of thioether (sulfide) groups is 1. The van der Waals surface area contributed by atoms with E-state index in [9.17, 15) is 0 Å². The Hall–Kier alpha value is -0.550. The average molecular weight is 214 g/mol. The third kappa shape index (κ3) is 4.62. The molecule has 0 atom stereocenters. The Morgan fingerprint density at radius 3 is 2.93 bits per heavy atom. The second-order valence-electron chi connectivity index (χ2n) is 3.16. The maximum Gasteiger partial charge on any atom is 0.208 e. The summed E-state index contributed by atoms with van der Waals surface area (Å²) in [4.78, 5) is 4.21. The maximum atomic E-state index is 4.21. The van der Waals surface area contributed by atoms with Gasteiger partial charge in [-0.15, -0.1) is 5.10 Å². The number of unbranched alkanes of at least 4 members (excludes halogenated alkanes) is 1. The van der Waals surface area contributed by atoms with Gasteiger partial charge in [0.05, 0.1) is 0 Å². The number of nitrogens with zero attached hydrogens (tertiary/aromatic N) is 2. The number of aryl methyl sites for hydroxylation is 1. The zero-order chi connectivity index (χ0) is 10.2. The van der Waals surface area contributed by atoms with E-state index in [2.05, 4.69) is 27.4 Å². The predicted molar refractivity (Wildman–Crippen MR) is 59.6 cm³/mol. The summed E-state index contributed by atoms with van der Waals surface area (Å²) in [7, 11) is 0. The van der Waals surface area contributed by atoms with E-state index in [1.165, 1.54) is 12.8 Å². The molecule has 0 saturated carbocycles. The van der Waals surface area contributed by atoms with Gasteiger partial charge in [0.1, 0.15) is 5.82 Å². The monoisotopic (exact) mass is 214 g/mol. The van der Waals surface area contributed by atoms with Crippen LogP contribution in [-0.2, 0) is 0 Å². The van der Waals surface area contributed by atoms with Gasteiger partial charge >= 0.3 is 0 Å². The van der Waals surface area contributed by atoms with Gasteiger partial charge in [0.2, 0.25) is 5.16 Å². The standard InChI is InChI=1S/C9H18N4S/c1-3-4-5-10-6-7-14-9-11-8(2)12-13-9/h10H,3-7H2,1-2H3,(H,11,12,13). The Morgan fingerprint density at radius 2 is 2.29 bits per heavy atom. The summed E-state index contributed by atoms with van der Waals surface area (Å²) in [6.45, 7) is 6.26. The highest BCUT2D eigenvalue weighted by Gasteiger charge is 1.98. The van der Waals surface area contributed by atoms with Gasteiger partial charge in [-0.25, -0.2) is 4.98 Å². The highest BCUT2D eigenvalue weighted by Crippen LogP contribution is 2.10. The number of nitrogens with one attached hydrogen (secondary N) is 2. The molecule has 5 heteroatoms. The minimum atomic E-state index is 0.847. The van der Waals surface area contributed by atoms with Crippen molar-refractivity contribution in [2.75, 3.05) is 18.8 Å². The molecule has 0 fully saturated rings. The van der Waals surface area contributed by atoms with E-state index in [0.717, 1.165) is 29.8 Å². The van der Waals surface area contributed by atoms with Gasteiger partial charge in [0, 0.05) is 12.3 Å². The molecule has 0 aliphatic carbocycles. The second-order valence-corrected chi connectivity index (χ2v) is 4.22. The zero-order valence-corrected chi connectivity index (χ0v) is 9.65. The minimum Gasteiger partial charge on any atom is -0.316 e. The summed E-state index contributed by atoms with van der Waals surface area (Å²) in [6.07, 6.45) is 2.50. The van der Waals surface area contributed by atoms with Gasteiger partial charge in [-0.2, -0.15) is 0 Å². The lowest BCUT2D eigenvalue weighted by Crippen LogP contribution is -2.18. The molecule has 0 saturated heterocycles. The van der Waals surface area contributed by atoms with E-state index in [0.29, 0.717) is 0 Å². The van der Waals surface area contributed by atoms with Crippen molar-refractivity contribution in [1.29, 1.82) is 0 Å². The second kappa shape index (κ2) is 6.84. The Balaban J connectivity index is 1.99. The highest BCUT2D eigenvalue weighted by atomic mass is 32.2. The van der Waals surface area contributed by atoms with Crippen molar-refractivity contribution in [3.05, 3.63) is 5.82 Å². The molecular formula is C9H18N4S. The third-order valence-corrected chi connectivity index (χ3v) is 2.64. The molecule has 0 aromatic carbocycles. The summed E-state index contributed by atoms with van der Waals surface area (Å²) in [5.74, 6) is 1.91. The number of hydrogen-bond acceptors (Lipinski definition) is 4. The van der Waals surface area contributed by atoms with E-state index < -0.39 is 0 Å². The largest absolute Gasteiger partial charge is 0.316 e. The SMILES string of the molecule is CCCCNCCSc1n[nH]c(C)n1. The molecule has 0 unspecified atom stereocenters. The van der Waals surface area contributed by atoms with Gasteiger partial charge in [-0.1, -0.05) is 25.1 Å². The van der Waals surface area contributed by atoms with Crippen molar-refractivity contribution < 1.29 is 0 Å². The Labute approximate surface area is 89.3 Å². The van der Waals surface area contributed by atoms with E-state index in [4.69, 9.17) is 0 Å². The van der Waals surface area contributed by atoms with Crippen LogP contribution < -0.4 is 5.32 Å². The van der Waals surface area contributed by atoms with Crippen LogP contribution in [0.4, 0.5) is 0 Å². The van der Waals surface area contributed by atoms with Crippen LogP contribution in [0, 0.1) is 6.92 Å². The van der Waals surface area contributed by atoms with E-state index in [-0.39, 0.29) is 0 Å². The first-order chi connectivity index (χ1) is 6.83. The molecule has 0 aliphatic rings. The molecule has 0 bridgehead atoms. The fourth-order valence-electron chi connectivity index (χ4n) is 1.03. The summed E-state index contributed by atoms with van der Waals surface area (Å²) < 4.78 is 0. The van der Waals surface area contributed by atoms with Crippen LogP contribution in [0.2, 0.25) is 0 Å². The van der Waals surface area contributed by atoms with Crippen LogP contribution in [0.15, 0.2) is 5.16 Å². The quantitative estimate of drug-likeness (QED) is 0.534. The first-order valence-electron chi connectivity index (χ1n) is 5.05. The molecule has 2 N–H and O–H groups in total.